The molecule has 0 spiro atoms. The number of hydrogen-bond donors (Lipinski definition) is 2. The summed E-state index contributed by atoms with van der Waals surface area (Å²) in [5, 5.41) is 2.81. The molecule has 1 amide bonds. The molecule has 0 radical (unpaired) electrons. The minimum Gasteiger partial charge on any atom is -0.350 e. The number of halogens is 1. The van der Waals surface area contributed by atoms with E-state index in [0.29, 0.717) is 23.6 Å². The molecule has 2 rings (SSSR count). The van der Waals surface area contributed by atoms with E-state index in [1.807, 2.05) is 12.1 Å². The van der Waals surface area contributed by atoms with Crippen molar-refractivity contribution < 1.29 is 9.59 Å². The zero-order chi connectivity index (χ0) is 17.7. The fourth-order valence-electron chi connectivity index (χ4n) is 2.53. The molecule has 0 heterocycles. The number of carbonyl (C=O) groups is 2. The lowest BCUT2D eigenvalue weighted by Gasteiger charge is -2.15. The van der Waals surface area contributed by atoms with Gasteiger partial charge >= 0.3 is 0 Å². The quantitative estimate of drug-likeness (QED) is 0.768. The van der Waals surface area contributed by atoms with Crippen molar-refractivity contribution in [3.8, 4) is 0 Å². The number of nitrogens with one attached hydrogen (secondary N) is 1. The van der Waals surface area contributed by atoms with Crippen molar-refractivity contribution in [1.82, 2.24) is 5.32 Å². The van der Waals surface area contributed by atoms with Crippen LogP contribution in [0.1, 0.15) is 64.6 Å². The van der Waals surface area contributed by atoms with Crippen molar-refractivity contribution >= 4 is 24.1 Å². The minimum absolute atomic E-state index is 0. The maximum absolute atomic E-state index is 12.3. The van der Waals surface area contributed by atoms with Crippen LogP contribution in [0.5, 0.6) is 0 Å². The summed E-state index contributed by atoms with van der Waals surface area (Å²) in [4.78, 5) is 23.9. The van der Waals surface area contributed by atoms with Gasteiger partial charge in [0, 0.05) is 18.2 Å². The van der Waals surface area contributed by atoms with Gasteiger partial charge in [0.15, 0.2) is 5.78 Å². The topological polar surface area (TPSA) is 72.2 Å². The first-order valence-electron chi connectivity index (χ1n) is 8.13. The Kier molecular flexibility index (Phi) is 7.81. The Morgan fingerprint density at radius 1 is 0.960 bits per heavy atom. The predicted octanol–water partition coefficient (Wildman–Crippen LogP) is 3.86. The van der Waals surface area contributed by atoms with Crippen LogP contribution in [0.3, 0.4) is 0 Å². The Bertz CT molecular complexity index is 727. The number of hydrogen-bond acceptors (Lipinski definition) is 3. The molecule has 5 heteroatoms. The summed E-state index contributed by atoms with van der Waals surface area (Å²) in [5.41, 5.74) is 9.19. The highest BCUT2D eigenvalue weighted by Crippen LogP contribution is 2.17. The molecule has 2 aromatic carbocycles. The molecule has 0 aliphatic heterocycles. The summed E-state index contributed by atoms with van der Waals surface area (Å²) in [6, 6.07) is 14.6. The molecule has 3 N–H and O–H groups in total. The number of ketones is 1. The fourth-order valence-corrected chi connectivity index (χ4v) is 2.53. The first kappa shape index (κ1) is 20.9. The van der Waals surface area contributed by atoms with Gasteiger partial charge < -0.3 is 11.1 Å². The van der Waals surface area contributed by atoms with Gasteiger partial charge in [-0.25, -0.2) is 0 Å². The summed E-state index contributed by atoms with van der Waals surface area (Å²) >= 11 is 0. The highest BCUT2D eigenvalue weighted by molar-refractivity contribution is 6.07. The van der Waals surface area contributed by atoms with E-state index in [-0.39, 0.29) is 30.1 Å². The van der Waals surface area contributed by atoms with Crippen LogP contribution in [-0.2, 0) is 0 Å². The van der Waals surface area contributed by atoms with E-state index in [2.05, 4.69) is 31.3 Å². The first-order valence-corrected chi connectivity index (χ1v) is 8.13. The van der Waals surface area contributed by atoms with Gasteiger partial charge in [0.2, 0.25) is 0 Å². The highest BCUT2D eigenvalue weighted by Gasteiger charge is 2.15. The molecule has 4 nitrogen and oxygen atoms in total. The van der Waals surface area contributed by atoms with Crippen LogP contribution in [0.25, 0.3) is 0 Å². The Hall–Kier alpha value is -2.17. The van der Waals surface area contributed by atoms with Gasteiger partial charge in [-0.05, 0) is 30.0 Å². The molecule has 0 saturated carbocycles. The Balaban J connectivity index is 0.00000312. The van der Waals surface area contributed by atoms with Crippen molar-refractivity contribution in [3.63, 3.8) is 0 Å². The summed E-state index contributed by atoms with van der Waals surface area (Å²) in [6.07, 6.45) is 0. The molecular formula is C20H25ClN2O2. The number of rotatable bonds is 6. The molecule has 0 bridgehead atoms. The largest absolute Gasteiger partial charge is 0.350 e. The molecule has 134 valence electrons. The number of benzene rings is 2. The van der Waals surface area contributed by atoms with Gasteiger partial charge in [0.1, 0.15) is 0 Å². The Morgan fingerprint density at radius 2 is 1.48 bits per heavy atom. The van der Waals surface area contributed by atoms with Crippen molar-refractivity contribution in [2.45, 2.75) is 32.7 Å². The molecule has 0 aliphatic rings. The normalized spacial score (nSPS) is 11.6. The van der Waals surface area contributed by atoms with E-state index in [4.69, 9.17) is 5.73 Å². The second-order valence-electron chi connectivity index (χ2n) is 6.24. The first-order chi connectivity index (χ1) is 11.4. The van der Waals surface area contributed by atoms with Gasteiger partial charge in [-0.1, -0.05) is 56.3 Å². The zero-order valence-corrected chi connectivity index (χ0v) is 15.6. The summed E-state index contributed by atoms with van der Waals surface area (Å²) in [7, 11) is 0. The molecule has 1 unspecified atom stereocenters. The van der Waals surface area contributed by atoms with Crippen molar-refractivity contribution in [2.24, 2.45) is 5.73 Å². The second-order valence-corrected chi connectivity index (χ2v) is 6.24. The molecular weight excluding hydrogens is 336 g/mol. The number of amides is 1. The van der Waals surface area contributed by atoms with Crippen molar-refractivity contribution in [3.05, 3.63) is 70.8 Å². The summed E-state index contributed by atoms with van der Waals surface area (Å²) < 4.78 is 0. The van der Waals surface area contributed by atoms with Gasteiger partial charge in [-0.3, -0.25) is 9.59 Å². The van der Waals surface area contributed by atoms with Crippen molar-refractivity contribution in [2.75, 3.05) is 6.54 Å². The third kappa shape index (κ3) is 5.41. The summed E-state index contributed by atoms with van der Waals surface area (Å²) in [5.74, 6) is 0.0578. The Labute approximate surface area is 155 Å². The van der Waals surface area contributed by atoms with Gasteiger partial charge in [-0.2, -0.15) is 0 Å². The third-order valence-corrected chi connectivity index (χ3v) is 4.06. The highest BCUT2D eigenvalue weighted by atomic mass is 35.5. The number of carbonyl (C=O) groups excluding carboxylic acids is 2. The van der Waals surface area contributed by atoms with E-state index < -0.39 is 0 Å². The second kappa shape index (κ2) is 9.35. The molecule has 0 aromatic heterocycles. The lowest BCUT2D eigenvalue weighted by atomic mass is 9.99. The van der Waals surface area contributed by atoms with Crippen LogP contribution < -0.4 is 11.1 Å². The smallest absolute Gasteiger partial charge is 0.252 e. The zero-order valence-electron chi connectivity index (χ0n) is 14.8. The molecule has 0 saturated heterocycles. The van der Waals surface area contributed by atoms with Crippen LogP contribution in [0.2, 0.25) is 0 Å². The molecule has 0 fully saturated rings. The van der Waals surface area contributed by atoms with Crippen molar-refractivity contribution in [1.29, 1.82) is 0 Å². The van der Waals surface area contributed by atoms with Crippen LogP contribution in [0.15, 0.2) is 48.5 Å². The molecule has 1 atom stereocenters. The van der Waals surface area contributed by atoms with Gasteiger partial charge in [-0.15, -0.1) is 12.4 Å². The number of Topliss-reactive ketones (excluding diaryl/α,β-unsaturated/α-hetero) is 1. The van der Waals surface area contributed by atoms with E-state index in [9.17, 15) is 9.59 Å². The van der Waals surface area contributed by atoms with Crippen LogP contribution >= 0.6 is 12.4 Å². The lowest BCUT2D eigenvalue weighted by Crippen LogP contribution is -2.32. The Morgan fingerprint density at radius 3 is 2.00 bits per heavy atom. The van der Waals surface area contributed by atoms with Crippen LogP contribution in [0.4, 0.5) is 0 Å². The SMILES string of the molecule is CC(=O)c1ccccc1C(=O)NCC(N)c1ccc(C(C)C)cc1.Cl. The predicted molar refractivity (Wildman–Crippen MR) is 103 cm³/mol. The molecule has 25 heavy (non-hydrogen) atoms. The maximum Gasteiger partial charge on any atom is 0.252 e. The maximum atomic E-state index is 12.3. The monoisotopic (exact) mass is 360 g/mol. The van der Waals surface area contributed by atoms with E-state index >= 15 is 0 Å². The average molecular weight is 361 g/mol. The van der Waals surface area contributed by atoms with Gasteiger partial charge in [0.05, 0.1) is 5.56 Å². The minimum atomic E-state index is -0.292. The fraction of sp³-hybridized carbons (Fsp3) is 0.300. The molecule has 2 aromatic rings. The van der Waals surface area contributed by atoms with E-state index in [1.54, 1.807) is 24.3 Å². The van der Waals surface area contributed by atoms with E-state index in [0.717, 1.165) is 5.56 Å². The third-order valence-electron chi connectivity index (χ3n) is 4.06. The average Bonchev–Trinajstić information content (AvgIpc) is 2.59. The van der Waals surface area contributed by atoms with Crippen LogP contribution in [0, 0.1) is 0 Å². The van der Waals surface area contributed by atoms with Gasteiger partial charge in [0.25, 0.3) is 5.91 Å². The van der Waals surface area contributed by atoms with Crippen LogP contribution in [-0.4, -0.2) is 18.2 Å². The molecule has 0 aliphatic carbocycles. The summed E-state index contributed by atoms with van der Waals surface area (Å²) in [6.45, 7) is 6.05. The number of nitrogens with two attached hydrogens (primary N) is 1. The standard InChI is InChI=1S/C20H24N2O2.ClH/c1-13(2)15-8-10-16(11-9-15)19(21)12-22-20(24)18-7-5-4-6-17(18)14(3)23;/h4-11,13,19H,12,21H2,1-3H3,(H,22,24);1H. The van der Waals surface area contributed by atoms with E-state index in [1.165, 1.54) is 12.5 Å². The lowest BCUT2D eigenvalue weighted by molar-refractivity contribution is 0.0936.